The summed E-state index contributed by atoms with van der Waals surface area (Å²) in [4.78, 5) is 20.9. The molecule has 5 N–H and O–H groups in total. The fraction of sp³-hybridized carbons (Fsp3) is 0. The van der Waals surface area contributed by atoms with Gasteiger partial charge in [0.1, 0.15) is 5.69 Å². The van der Waals surface area contributed by atoms with E-state index >= 15 is 0 Å². The average Bonchev–Trinajstić information content (AvgIpc) is 2.77. The molecule has 0 saturated heterocycles. The van der Waals surface area contributed by atoms with E-state index in [2.05, 4.69) is 16.5 Å². The van der Waals surface area contributed by atoms with Gasteiger partial charge in [0.25, 0.3) is 5.69 Å². The predicted molar refractivity (Wildman–Crippen MR) is 112 cm³/mol. The van der Waals surface area contributed by atoms with Gasteiger partial charge in [0, 0.05) is 6.07 Å². The lowest BCUT2D eigenvalue weighted by Gasteiger charge is -2.36. The van der Waals surface area contributed by atoms with E-state index in [1.807, 2.05) is 24.3 Å². The molecule has 0 aliphatic heterocycles. The molecule has 0 aromatic heterocycles. The molecule has 3 rings (SSSR count). The minimum absolute atomic E-state index is 0.0246. The third-order valence-corrected chi connectivity index (χ3v) is 4.01. The average molecular weight is 410 g/mol. The van der Waals surface area contributed by atoms with Crippen molar-refractivity contribution in [2.75, 3.05) is 15.7 Å². The Morgan fingerprint density at radius 2 is 1.33 bits per heavy atom. The first kappa shape index (κ1) is 20.5. The molecule has 12 nitrogen and oxygen atoms in total. The van der Waals surface area contributed by atoms with E-state index < -0.39 is 15.5 Å². The maximum Gasteiger partial charge on any atom is 0.300 e. The van der Waals surface area contributed by atoms with Gasteiger partial charge in [-0.05, 0) is 30.3 Å². The van der Waals surface area contributed by atoms with Crippen molar-refractivity contribution in [3.8, 4) is 0 Å². The maximum atomic E-state index is 11.4. The molecule has 0 saturated carbocycles. The van der Waals surface area contributed by atoms with Gasteiger partial charge >= 0.3 is 5.69 Å². The highest BCUT2D eigenvalue weighted by Gasteiger charge is 2.21. The van der Waals surface area contributed by atoms with Crippen LogP contribution < -0.4 is 32.6 Å². The second kappa shape index (κ2) is 9.29. The molecule has 0 fully saturated rings. The molecular formula is C18H18N8O4. The van der Waals surface area contributed by atoms with Gasteiger partial charge in [-0.2, -0.15) is 15.8 Å². The molecule has 0 heterocycles. The van der Waals surface area contributed by atoms with Crippen LogP contribution in [0.25, 0.3) is 0 Å². The molecule has 3 aromatic carbocycles. The van der Waals surface area contributed by atoms with Crippen LogP contribution in [0.4, 0.5) is 28.4 Å². The summed E-state index contributed by atoms with van der Waals surface area (Å²) in [7, 11) is 0. The maximum absolute atomic E-state index is 11.4. The van der Waals surface area contributed by atoms with Crippen LogP contribution in [0, 0.1) is 20.2 Å². The van der Waals surface area contributed by atoms with Gasteiger partial charge in [-0.25, -0.2) is 0 Å². The van der Waals surface area contributed by atoms with E-state index in [0.717, 1.165) is 6.07 Å². The molecule has 0 bridgehead atoms. The molecule has 154 valence electrons. The Morgan fingerprint density at radius 3 is 1.83 bits per heavy atom. The fourth-order valence-corrected chi connectivity index (χ4v) is 2.62. The first-order chi connectivity index (χ1) is 14.5. The molecule has 0 radical (unpaired) electrons. The normalized spacial score (nSPS) is 10.3. The number of nitro groups is 2. The number of para-hydroxylation sites is 2. The van der Waals surface area contributed by atoms with Crippen LogP contribution in [0.1, 0.15) is 0 Å². The van der Waals surface area contributed by atoms with Crippen LogP contribution in [0.15, 0.2) is 78.9 Å². The Labute approximate surface area is 170 Å². The van der Waals surface area contributed by atoms with Gasteiger partial charge in [0.05, 0.1) is 27.3 Å². The number of rotatable bonds is 9. The quantitative estimate of drug-likeness (QED) is 0.235. The highest BCUT2D eigenvalue weighted by atomic mass is 16.6. The fourth-order valence-electron chi connectivity index (χ4n) is 2.62. The van der Waals surface area contributed by atoms with Crippen molar-refractivity contribution in [3.05, 3.63) is 99.1 Å². The van der Waals surface area contributed by atoms with Crippen LogP contribution in [0.2, 0.25) is 0 Å². The lowest BCUT2D eigenvalue weighted by Crippen LogP contribution is -2.61. The molecule has 0 spiro atoms. The third-order valence-electron chi connectivity index (χ3n) is 4.01. The van der Waals surface area contributed by atoms with Crippen LogP contribution in [0.3, 0.4) is 0 Å². The highest BCUT2D eigenvalue weighted by Crippen LogP contribution is 2.29. The lowest BCUT2D eigenvalue weighted by molar-refractivity contribution is -0.393. The number of hydrogen-bond donors (Lipinski definition) is 4. The Kier molecular flexibility index (Phi) is 6.34. The summed E-state index contributed by atoms with van der Waals surface area (Å²) in [6.45, 7) is 0. The second-order valence-corrected chi connectivity index (χ2v) is 5.88. The number of anilines is 3. The molecule has 3 aromatic rings. The van der Waals surface area contributed by atoms with Crippen LogP contribution in [0.5, 0.6) is 0 Å². The standard InChI is InChI=1S/C18H18N8O4/c19-21-23(14-7-3-1-4-8-14)24(15-9-5-2-6-10-15)22-20-17-12-11-16(25(27)28)13-18(17)26(29)30/h1-13,20-22H,19H2. The van der Waals surface area contributed by atoms with Gasteiger partial charge in [-0.3, -0.25) is 31.5 Å². The minimum atomic E-state index is -0.708. The van der Waals surface area contributed by atoms with Gasteiger partial charge in [0.2, 0.25) is 0 Å². The van der Waals surface area contributed by atoms with Crippen LogP contribution in [-0.2, 0) is 0 Å². The number of nitro benzene ring substituents is 2. The molecule has 0 unspecified atom stereocenters. The molecule has 0 aliphatic rings. The summed E-state index contributed by atoms with van der Waals surface area (Å²) in [6, 6.07) is 21.4. The summed E-state index contributed by atoms with van der Waals surface area (Å²) in [5, 5.41) is 25.2. The minimum Gasteiger partial charge on any atom is -0.296 e. The van der Waals surface area contributed by atoms with Crippen molar-refractivity contribution >= 4 is 28.4 Å². The van der Waals surface area contributed by atoms with Crippen molar-refractivity contribution in [1.29, 1.82) is 0 Å². The summed E-state index contributed by atoms with van der Waals surface area (Å²) in [6.07, 6.45) is 0. The van der Waals surface area contributed by atoms with Crippen molar-refractivity contribution in [1.82, 2.24) is 11.1 Å². The van der Waals surface area contributed by atoms with E-state index in [1.54, 1.807) is 36.4 Å². The zero-order valence-corrected chi connectivity index (χ0v) is 15.5. The molecule has 12 heteroatoms. The van der Waals surface area contributed by atoms with E-state index in [1.165, 1.54) is 22.4 Å². The van der Waals surface area contributed by atoms with Crippen molar-refractivity contribution in [3.63, 3.8) is 0 Å². The highest BCUT2D eigenvalue weighted by molar-refractivity contribution is 5.65. The number of nitrogens with one attached hydrogen (secondary N) is 3. The molecule has 0 aliphatic carbocycles. The van der Waals surface area contributed by atoms with Gasteiger partial charge in [-0.1, -0.05) is 36.4 Å². The predicted octanol–water partition coefficient (Wildman–Crippen LogP) is 2.64. The topological polar surface area (TPSA) is 155 Å². The van der Waals surface area contributed by atoms with Crippen molar-refractivity contribution in [2.45, 2.75) is 0 Å². The van der Waals surface area contributed by atoms with E-state index in [-0.39, 0.29) is 11.4 Å². The van der Waals surface area contributed by atoms with Gasteiger partial charge in [-0.15, -0.1) is 5.53 Å². The lowest BCUT2D eigenvalue weighted by atomic mass is 10.2. The molecule has 0 amide bonds. The van der Waals surface area contributed by atoms with Crippen LogP contribution >= 0.6 is 0 Å². The molecular weight excluding hydrogens is 392 g/mol. The zero-order valence-electron chi connectivity index (χ0n) is 15.5. The number of nitrogens with zero attached hydrogens (tertiary/aromatic N) is 4. The molecule has 0 atom stereocenters. The number of benzene rings is 3. The zero-order chi connectivity index (χ0) is 21.5. The summed E-state index contributed by atoms with van der Waals surface area (Å²) in [5.41, 5.74) is 8.58. The van der Waals surface area contributed by atoms with E-state index in [4.69, 9.17) is 5.84 Å². The number of nitrogens with two attached hydrogens (primary N) is 1. The van der Waals surface area contributed by atoms with Gasteiger partial charge in [0.15, 0.2) is 0 Å². The summed E-state index contributed by atoms with van der Waals surface area (Å²) in [5.74, 6) is 5.73. The SMILES string of the molecule is NNN(c1ccccc1)N(NNc1ccc([N+](=O)[O-])cc1[N+](=O)[O-])c1ccccc1. The van der Waals surface area contributed by atoms with Crippen molar-refractivity contribution in [2.24, 2.45) is 5.84 Å². The Morgan fingerprint density at radius 1 is 0.767 bits per heavy atom. The first-order valence-electron chi connectivity index (χ1n) is 8.62. The monoisotopic (exact) mass is 410 g/mol. The Bertz CT molecular complexity index is 1020. The number of hydrazine groups is 5. The van der Waals surface area contributed by atoms with Gasteiger partial charge < -0.3 is 0 Å². The van der Waals surface area contributed by atoms with Crippen LogP contribution in [-0.4, -0.2) is 9.85 Å². The second-order valence-electron chi connectivity index (χ2n) is 5.88. The smallest absolute Gasteiger partial charge is 0.296 e. The molecule has 30 heavy (non-hydrogen) atoms. The number of non-ortho nitro benzene ring substituents is 1. The Hall–Kier alpha value is -4.26. The van der Waals surface area contributed by atoms with E-state index in [9.17, 15) is 20.2 Å². The van der Waals surface area contributed by atoms with E-state index in [0.29, 0.717) is 11.4 Å². The number of hydrogen-bond acceptors (Lipinski definition) is 10. The summed E-state index contributed by atoms with van der Waals surface area (Å²) >= 11 is 0. The van der Waals surface area contributed by atoms with Crippen molar-refractivity contribution < 1.29 is 9.85 Å². The largest absolute Gasteiger partial charge is 0.300 e. The first-order valence-corrected chi connectivity index (χ1v) is 8.62. The Balaban J connectivity index is 1.93. The summed E-state index contributed by atoms with van der Waals surface area (Å²) < 4.78 is 0. The third kappa shape index (κ3) is 4.59.